The van der Waals surface area contributed by atoms with Crippen LogP contribution in [0.4, 0.5) is 5.82 Å². The Kier molecular flexibility index (Phi) is 4.67. The van der Waals surface area contributed by atoms with E-state index in [2.05, 4.69) is 21.0 Å². The lowest BCUT2D eigenvalue weighted by atomic mass is 10.1. The van der Waals surface area contributed by atoms with Crippen molar-refractivity contribution < 1.29 is 4.79 Å². The molecule has 150 valence electrons. The first-order valence-corrected chi connectivity index (χ1v) is 10.2. The molecule has 1 amide bonds. The Hall–Kier alpha value is -3.67. The van der Waals surface area contributed by atoms with Gasteiger partial charge in [0, 0.05) is 47.2 Å². The Morgan fingerprint density at radius 2 is 1.87 bits per heavy atom. The highest BCUT2D eigenvalue weighted by molar-refractivity contribution is 5.89. The summed E-state index contributed by atoms with van der Waals surface area (Å²) in [4.78, 5) is 27.2. The van der Waals surface area contributed by atoms with Gasteiger partial charge in [-0.25, -0.2) is 4.98 Å². The van der Waals surface area contributed by atoms with Gasteiger partial charge in [0.1, 0.15) is 5.82 Å². The molecule has 6 heteroatoms. The molecule has 1 atom stereocenters. The number of likely N-dealkylation sites (tertiary alicyclic amines) is 1. The van der Waals surface area contributed by atoms with Crippen molar-refractivity contribution in [2.24, 2.45) is 0 Å². The van der Waals surface area contributed by atoms with Crippen molar-refractivity contribution >= 4 is 22.6 Å². The van der Waals surface area contributed by atoms with Gasteiger partial charge in [0.15, 0.2) is 0 Å². The highest BCUT2D eigenvalue weighted by atomic mass is 16.2. The molecule has 3 N–H and O–H groups in total. The number of nitrogen functional groups attached to an aromatic ring is 1. The van der Waals surface area contributed by atoms with Gasteiger partial charge in [-0.3, -0.25) is 9.78 Å². The molecule has 0 bridgehead atoms. The number of hydrogen-bond acceptors (Lipinski definition) is 4. The fourth-order valence-electron chi connectivity index (χ4n) is 4.26. The third-order valence-electron chi connectivity index (χ3n) is 5.84. The lowest BCUT2D eigenvalue weighted by molar-refractivity contribution is -0.131. The first-order valence-electron chi connectivity index (χ1n) is 10.2. The third-order valence-corrected chi connectivity index (χ3v) is 5.84. The van der Waals surface area contributed by atoms with E-state index in [1.165, 1.54) is 0 Å². The van der Waals surface area contributed by atoms with Crippen LogP contribution < -0.4 is 5.73 Å². The van der Waals surface area contributed by atoms with E-state index >= 15 is 0 Å². The fraction of sp³-hybridized carbons (Fsp3) is 0.208. The second-order valence-electron chi connectivity index (χ2n) is 7.72. The second-order valence-corrected chi connectivity index (χ2v) is 7.72. The first kappa shape index (κ1) is 18.4. The van der Waals surface area contributed by atoms with Crippen LogP contribution in [-0.2, 0) is 11.2 Å². The Morgan fingerprint density at radius 3 is 2.63 bits per heavy atom. The standard InChI is InChI=1S/C24H23N5O/c25-23-10-8-17(14-28-23)16-7-9-21(27-13-16)22-6-3-11-29(22)24(30)12-18-15-26-20-5-2-1-4-19(18)20/h1-2,4-5,7-10,13-15,22,26H,3,6,11-12H2,(H2,25,28)/t22-/m1/s1. The molecular weight excluding hydrogens is 374 g/mol. The number of rotatable bonds is 4. The lowest BCUT2D eigenvalue weighted by Crippen LogP contribution is -2.32. The number of carbonyl (C=O) groups is 1. The number of carbonyl (C=O) groups excluding carboxylic acids is 1. The molecule has 5 rings (SSSR count). The second kappa shape index (κ2) is 7.63. The van der Waals surface area contributed by atoms with Crippen molar-refractivity contribution in [3.05, 3.63) is 78.4 Å². The van der Waals surface area contributed by atoms with Crippen molar-refractivity contribution in [2.45, 2.75) is 25.3 Å². The number of H-pyrrole nitrogens is 1. The third kappa shape index (κ3) is 3.41. The van der Waals surface area contributed by atoms with Gasteiger partial charge in [-0.15, -0.1) is 0 Å². The predicted octanol–water partition coefficient (Wildman–Crippen LogP) is 4.11. The van der Waals surface area contributed by atoms with Gasteiger partial charge in [0.25, 0.3) is 0 Å². The van der Waals surface area contributed by atoms with Crippen LogP contribution in [0.15, 0.2) is 67.1 Å². The number of anilines is 1. The number of amides is 1. The molecule has 0 radical (unpaired) electrons. The number of aromatic nitrogens is 3. The summed E-state index contributed by atoms with van der Waals surface area (Å²) >= 11 is 0. The Morgan fingerprint density at radius 1 is 1.07 bits per heavy atom. The topological polar surface area (TPSA) is 87.9 Å². The number of nitrogens with zero attached hydrogens (tertiary/aromatic N) is 3. The van der Waals surface area contributed by atoms with Crippen LogP contribution in [-0.4, -0.2) is 32.3 Å². The normalized spacial score (nSPS) is 16.3. The van der Waals surface area contributed by atoms with Crippen molar-refractivity contribution in [3.8, 4) is 11.1 Å². The number of benzene rings is 1. The average Bonchev–Trinajstić information content (AvgIpc) is 3.42. The minimum Gasteiger partial charge on any atom is -0.384 e. The van der Waals surface area contributed by atoms with Crippen molar-refractivity contribution in [1.82, 2.24) is 19.9 Å². The molecule has 30 heavy (non-hydrogen) atoms. The van der Waals surface area contributed by atoms with E-state index in [-0.39, 0.29) is 11.9 Å². The van der Waals surface area contributed by atoms with E-state index in [0.29, 0.717) is 12.2 Å². The van der Waals surface area contributed by atoms with Gasteiger partial charge in [0.05, 0.1) is 18.2 Å². The summed E-state index contributed by atoms with van der Waals surface area (Å²) in [6.07, 6.45) is 7.88. The fourth-order valence-corrected chi connectivity index (χ4v) is 4.26. The smallest absolute Gasteiger partial charge is 0.227 e. The molecule has 4 aromatic rings. The monoisotopic (exact) mass is 397 g/mol. The molecule has 4 heterocycles. The SMILES string of the molecule is Nc1ccc(-c2ccc([C@H]3CCCN3C(=O)Cc3c[nH]c4ccccc34)nc2)cn1. The summed E-state index contributed by atoms with van der Waals surface area (Å²) in [5.74, 6) is 0.648. The molecule has 1 saturated heterocycles. The van der Waals surface area contributed by atoms with Crippen LogP contribution in [0.5, 0.6) is 0 Å². The molecule has 1 aliphatic heterocycles. The summed E-state index contributed by atoms with van der Waals surface area (Å²) in [5.41, 5.74) is 10.7. The molecule has 0 aliphatic carbocycles. The van der Waals surface area contributed by atoms with E-state index in [1.54, 1.807) is 12.3 Å². The summed E-state index contributed by atoms with van der Waals surface area (Å²) in [6, 6.07) is 15.9. The quantitative estimate of drug-likeness (QED) is 0.542. The van der Waals surface area contributed by atoms with Gasteiger partial charge >= 0.3 is 0 Å². The van der Waals surface area contributed by atoms with Crippen LogP contribution >= 0.6 is 0 Å². The highest BCUT2D eigenvalue weighted by Gasteiger charge is 2.31. The van der Waals surface area contributed by atoms with Crippen LogP contribution in [0.25, 0.3) is 22.0 Å². The van der Waals surface area contributed by atoms with Gasteiger partial charge in [-0.1, -0.05) is 24.3 Å². The Bertz CT molecular complexity index is 1180. The van der Waals surface area contributed by atoms with Crippen LogP contribution in [0.3, 0.4) is 0 Å². The van der Waals surface area contributed by atoms with E-state index in [1.807, 2.05) is 53.7 Å². The van der Waals surface area contributed by atoms with Gasteiger partial charge in [-0.2, -0.15) is 0 Å². The molecule has 0 saturated carbocycles. The van der Waals surface area contributed by atoms with Crippen molar-refractivity contribution in [2.75, 3.05) is 12.3 Å². The Balaban J connectivity index is 1.34. The molecule has 3 aromatic heterocycles. The molecular formula is C24H23N5O. The summed E-state index contributed by atoms with van der Waals surface area (Å²) in [7, 11) is 0. The maximum absolute atomic E-state index is 13.1. The zero-order valence-corrected chi connectivity index (χ0v) is 16.6. The van der Waals surface area contributed by atoms with E-state index in [9.17, 15) is 4.79 Å². The van der Waals surface area contributed by atoms with Crippen molar-refractivity contribution in [1.29, 1.82) is 0 Å². The van der Waals surface area contributed by atoms with Gasteiger partial charge in [-0.05, 0) is 42.7 Å². The highest BCUT2D eigenvalue weighted by Crippen LogP contribution is 2.32. The number of para-hydroxylation sites is 1. The summed E-state index contributed by atoms with van der Waals surface area (Å²) in [5, 5.41) is 1.11. The van der Waals surface area contributed by atoms with Gasteiger partial charge < -0.3 is 15.6 Å². The average molecular weight is 397 g/mol. The molecule has 1 fully saturated rings. The maximum atomic E-state index is 13.1. The largest absolute Gasteiger partial charge is 0.384 e. The van der Waals surface area contributed by atoms with Crippen LogP contribution in [0.1, 0.15) is 30.1 Å². The summed E-state index contributed by atoms with van der Waals surface area (Å²) in [6.45, 7) is 0.775. The number of aromatic amines is 1. The summed E-state index contributed by atoms with van der Waals surface area (Å²) < 4.78 is 0. The van der Waals surface area contributed by atoms with Crippen molar-refractivity contribution in [3.63, 3.8) is 0 Å². The molecule has 0 spiro atoms. The molecule has 6 nitrogen and oxygen atoms in total. The van der Waals surface area contributed by atoms with Crippen LogP contribution in [0.2, 0.25) is 0 Å². The Labute approximate surface area is 174 Å². The molecule has 1 aliphatic rings. The van der Waals surface area contributed by atoms with E-state index in [0.717, 1.165) is 52.7 Å². The zero-order valence-electron chi connectivity index (χ0n) is 16.6. The van der Waals surface area contributed by atoms with E-state index < -0.39 is 0 Å². The minimum absolute atomic E-state index is 0.0290. The predicted molar refractivity (Wildman–Crippen MR) is 118 cm³/mol. The first-order chi connectivity index (χ1) is 14.7. The number of pyridine rings is 2. The lowest BCUT2D eigenvalue weighted by Gasteiger charge is -2.24. The minimum atomic E-state index is 0.0290. The van der Waals surface area contributed by atoms with E-state index in [4.69, 9.17) is 5.73 Å². The number of nitrogens with two attached hydrogens (primary N) is 1. The number of nitrogens with one attached hydrogen (secondary N) is 1. The maximum Gasteiger partial charge on any atom is 0.227 e. The molecule has 0 unspecified atom stereocenters. The number of hydrogen-bond donors (Lipinski definition) is 2. The van der Waals surface area contributed by atoms with Crippen LogP contribution in [0, 0.1) is 0 Å². The van der Waals surface area contributed by atoms with Gasteiger partial charge in [0.2, 0.25) is 5.91 Å². The zero-order chi connectivity index (χ0) is 20.5. The molecule has 1 aromatic carbocycles. The number of fused-ring (bicyclic) bond motifs is 1.